The number of thiophene rings is 1. The summed E-state index contributed by atoms with van der Waals surface area (Å²) in [6.07, 6.45) is -1.22. The van der Waals surface area contributed by atoms with E-state index in [0.29, 0.717) is 10.3 Å². The number of aliphatic carboxylic acids is 1. The molecule has 1 fully saturated rings. The van der Waals surface area contributed by atoms with Crippen LogP contribution in [-0.4, -0.2) is 81.6 Å². The fourth-order valence-corrected chi connectivity index (χ4v) is 6.58. The van der Waals surface area contributed by atoms with Gasteiger partial charge in [0.15, 0.2) is 0 Å². The lowest BCUT2D eigenvalue weighted by molar-refractivity contribution is -0.150. The Balaban J connectivity index is 1.50. The van der Waals surface area contributed by atoms with Crippen molar-refractivity contribution in [3.05, 3.63) is 33.7 Å². The van der Waals surface area contributed by atoms with Crippen molar-refractivity contribution >= 4 is 58.7 Å². The Morgan fingerprint density at radius 1 is 1.38 bits per heavy atom. The third kappa shape index (κ3) is 4.10. The standard InChI is InChI=1S/C17H16N6O6S3/c1-7(32-16-19-20-21-23(16)17(28)29)9-6-31-14-11(13(25)22(14)12(9)15(26)27)18-10(24)5-8-3-2-4-30-8/h2-4,7,11,14H,5-6H2,1H3,(H,18,24)(H,26,27)(H,28,29)/t7?,11?,14-/m1/s1. The summed E-state index contributed by atoms with van der Waals surface area (Å²) >= 11 is 3.76. The van der Waals surface area contributed by atoms with Gasteiger partial charge in [-0.2, -0.15) is 0 Å². The predicted molar refractivity (Wildman–Crippen MR) is 114 cm³/mol. The molecule has 0 bridgehead atoms. The summed E-state index contributed by atoms with van der Waals surface area (Å²) in [6.45, 7) is 1.69. The zero-order chi connectivity index (χ0) is 23.0. The average Bonchev–Trinajstić information content (AvgIpc) is 3.42. The van der Waals surface area contributed by atoms with Gasteiger partial charge in [-0.3, -0.25) is 14.5 Å². The lowest BCUT2D eigenvalue weighted by Crippen LogP contribution is -2.70. The highest BCUT2D eigenvalue weighted by molar-refractivity contribution is 8.01. The maximum Gasteiger partial charge on any atom is 0.436 e. The van der Waals surface area contributed by atoms with Crippen LogP contribution in [0.25, 0.3) is 0 Å². The molecule has 4 heterocycles. The Kier molecular flexibility index (Phi) is 6.21. The number of β-lactam (4-membered cyclic amide) rings is 1. The maximum atomic E-state index is 12.8. The molecular formula is C17H16N6O6S3. The van der Waals surface area contributed by atoms with Gasteiger partial charge in [0, 0.05) is 15.9 Å². The van der Waals surface area contributed by atoms with E-state index in [-0.39, 0.29) is 28.9 Å². The first kappa shape index (κ1) is 22.3. The van der Waals surface area contributed by atoms with Crippen LogP contribution in [0.4, 0.5) is 4.79 Å². The fourth-order valence-electron chi connectivity index (χ4n) is 3.35. The van der Waals surface area contributed by atoms with E-state index in [1.54, 1.807) is 6.92 Å². The van der Waals surface area contributed by atoms with Crippen LogP contribution in [-0.2, 0) is 20.8 Å². The Morgan fingerprint density at radius 2 is 2.16 bits per heavy atom. The van der Waals surface area contributed by atoms with Crippen LogP contribution >= 0.6 is 34.9 Å². The van der Waals surface area contributed by atoms with Gasteiger partial charge in [-0.25, -0.2) is 9.59 Å². The average molecular weight is 497 g/mol. The largest absolute Gasteiger partial charge is 0.477 e. The number of thioether (sulfide) groups is 2. The van der Waals surface area contributed by atoms with Crippen LogP contribution in [0.5, 0.6) is 0 Å². The molecule has 0 radical (unpaired) electrons. The molecule has 0 aliphatic carbocycles. The number of fused-ring (bicyclic) bond motifs is 1. The third-order valence-electron chi connectivity index (χ3n) is 4.83. The molecule has 1 saturated heterocycles. The number of hydrogen-bond donors (Lipinski definition) is 3. The smallest absolute Gasteiger partial charge is 0.436 e. The highest BCUT2D eigenvalue weighted by Crippen LogP contribution is 2.43. The Bertz CT molecular complexity index is 1120. The third-order valence-corrected chi connectivity index (χ3v) is 8.11. The van der Waals surface area contributed by atoms with E-state index in [2.05, 4.69) is 20.8 Å². The number of rotatable bonds is 7. The molecule has 0 spiro atoms. The van der Waals surface area contributed by atoms with Gasteiger partial charge in [-0.15, -0.1) is 32.9 Å². The maximum absolute atomic E-state index is 12.8. The molecule has 32 heavy (non-hydrogen) atoms. The summed E-state index contributed by atoms with van der Waals surface area (Å²) in [5.74, 6) is -1.78. The van der Waals surface area contributed by atoms with Gasteiger partial charge < -0.3 is 15.5 Å². The normalized spacial score (nSPS) is 21.0. The van der Waals surface area contributed by atoms with E-state index < -0.39 is 34.6 Å². The number of carbonyl (C=O) groups excluding carboxylic acids is 2. The first-order valence-electron chi connectivity index (χ1n) is 9.19. The number of amides is 2. The highest BCUT2D eigenvalue weighted by Gasteiger charge is 2.54. The van der Waals surface area contributed by atoms with Crippen molar-refractivity contribution in [2.75, 3.05) is 5.75 Å². The number of carbonyl (C=O) groups is 4. The van der Waals surface area contributed by atoms with E-state index in [9.17, 15) is 24.3 Å². The number of nitrogens with one attached hydrogen (secondary N) is 1. The van der Waals surface area contributed by atoms with Crippen LogP contribution < -0.4 is 5.32 Å². The number of carboxylic acid groups (broad SMARTS) is 2. The minimum Gasteiger partial charge on any atom is -0.477 e. The molecule has 168 valence electrons. The molecule has 0 aromatic carbocycles. The molecule has 0 saturated carbocycles. The summed E-state index contributed by atoms with van der Waals surface area (Å²) in [6, 6.07) is 2.86. The van der Waals surface area contributed by atoms with Gasteiger partial charge in [0.1, 0.15) is 17.1 Å². The Morgan fingerprint density at radius 3 is 2.81 bits per heavy atom. The van der Waals surface area contributed by atoms with Crippen LogP contribution in [0.3, 0.4) is 0 Å². The number of carboxylic acids is 1. The van der Waals surface area contributed by atoms with Crippen molar-refractivity contribution < 1.29 is 29.4 Å². The first-order valence-corrected chi connectivity index (χ1v) is 12.0. The first-order chi connectivity index (χ1) is 15.3. The molecule has 2 aliphatic heterocycles. The molecule has 3 atom stereocenters. The monoisotopic (exact) mass is 496 g/mol. The molecule has 2 unspecified atom stereocenters. The zero-order valence-electron chi connectivity index (χ0n) is 16.4. The molecule has 2 aromatic heterocycles. The number of aromatic nitrogens is 4. The molecule has 12 nitrogen and oxygen atoms in total. The van der Waals surface area contributed by atoms with E-state index in [4.69, 9.17) is 5.11 Å². The van der Waals surface area contributed by atoms with Gasteiger partial charge in [0.25, 0.3) is 5.91 Å². The summed E-state index contributed by atoms with van der Waals surface area (Å²) < 4.78 is 0.592. The topological polar surface area (TPSA) is 168 Å². The van der Waals surface area contributed by atoms with Crippen molar-refractivity contribution in [1.82, 2.24) is 30.4 Å². The Labute approximate surface area is 193 Å². The van der Waals surface area contributed by atoms with Crippen LogP contribution in [0.2, 0.25) is 0 Å². The Hall–Kier alpha value is -2.91. The minimum absolute atomic E-state index is 0.0111. The lowest BCUT2D eigenvalue weighted by atomic mass is 10.0. The zero-order valence-corrected chi connectivity index (χ0v) is 18.8. The molecule has 2 aromatic rings. The molecule has 2 amide bonds. The predicted octanol–water partition coefficient (Wildman–Crippen LogP) is 0.723. The number of hydrogen-bond acceptors (Lipinski definition) is 10. The second-order valence-corrected chi connectivity index (χ2v) is 10.3. The van der Waals surface area contributed by atoms with Crippen LogP contribution in [0, 0.1) is 0 Å². The fraction of sp³-hybridized carbons (Fsp3) is 0.353. The van der Waals surface area contributed by atoms with Crippen molar-refractivity contribution in [2.45, 2.75) is 35.2 Å². The quantitative estimate of drug-likeness (QED) is 0.281. The van der Waals surface area contributed by atoms with Gasteiger partial charge in [0.2, 0.25) is 11.1 Å². The molecule has 2 aliphatic rings. The highest BCUT2D eigenvalue weighted by atomic mass is 32.2. The van der Waals surface area contributed by atoms with E-state index in [0.717, 1.165) is 16.6 Å². The van der Waals surface area contributed by atoms with E-state index in [1.165, 1.54) is 28.0 Å². The van der Waals surface area contributed by atoms with Gasteiger partial charge in [-0.05, 0) is 34.4 Å². The number of tetrazole rings is 1. The summed E-state index contributed by atoms with van der Waals surface area (Å²) in [7, 11) is 0. The van der Waals surface area contributed by atoms with Crippen LogP contribution in [0.15, 0.2) is 33.9 Å². The van der Waals surface area contributed by atoms with Crippen LogP contribution in [0.1, 0.15) is 11.8 Å². The summed E-state index contributed by atoms with van der Waals surface area (Å²) in [5.41, 5.74) is 0.289. The van der Waals surface area contributed by atoms with Crippen molar-refractivity contribution in [2.24, 2.45) is 0 Å². The lowest BCUT2D eigenvalue weighted by Gasteiger charge is -2.50. The van der Waals surface area contributed by atoms with Crippen molar-refractivity contribution in [3.8, 4) is 0 Å². The van der Waals surface area contributed by atoms with E-state index in [1.807, 2.05) is 17.5 Å². The van der Waals surface area contributed by atoms with Crippen molar-refractivity contribution in [1.29, 1.82) is 0 Å². The minimum atomic E-state index is -1.37. The van der Waals surface area contributed by atoms with Gasteiger partial charge in [0.05, 0.1) is 6.42 Å². The molecule has 15 heteroatoms. The van der Waals surface area contributed by atoms with Crippen molar-refractivity contribution in [3.63, 3.8) is 0 Å². The SMILES string of the molecule is CC(Sc1nnnn1C(=O)O)C1=C(C(=O)O)N2C(=O)C(NC(=O)Cc3cccs3)[C@H]2SC1. The summed E-state index contributed by atoms with van der Waals surface area (Å²) in [4.78, 5) is 50.3. The number of nitrogens with zero attached hydrogens (tertiary/aromatic N) is 5. The second-order valence-electron chi connectivity index (χ2n) is 6.81. The molecule has 3 N–H and O–H groups in total. The molecular weight excluding hydrogens is 480 g/mol. The second kappa shape index (κ2) is 8.91. The van der Waals surface area contributed by atoms with Gasteiger partial charge >= 0.3 is 12.1 Å². The molecule has 4 rings (SSSR count). The summed E-state index contributed by atoms with van der Waals surface area (Å²) in [5, 5.41) is 32.8. The van der Waals surface area contributed by atoms with Gasteiger partial charge in [-0.1, -0.05) is 17.8 Å². The van der Waals surface area contributed by atoms with E-state index >= 15 is 0 Å².